The summed E-state index contributed by atoms with van der Waals surface area (Å²) in [5, 5.41) is 13.7. The molecule has 1 aliphatic carbocycles. The van der Waals surface area contributed by atoms with E-state index in [9.17, 15) is 9.90 Å². The van der Waals surface area contributed by atoms with Crippen LogP contribution < -0.4 is 5.32 Å². The number of nitrogens with zero attached hydrogens (tertiary/aromatic N) is 2. The number of rotatable bonds is 7. The van der Waals surface area contributed by atoms with Gasteiger partial charge in [0.25, 0.3) is 5.91 Å². The molecule has 0 aliphatic heterocycles. The van der Waals surface area contributed by atoms with Crippen molar-refractivity contribution in [2.24, 2.45) is 4.99 Å². The van der Waals surface area contributed by atoms with Gasteiger partial charge >= 0.3 is 0 Å². The molecule has 3 atom stereocenters. The number of ether oxygens (including phenoxy) is 1. The first-order chi connectivity index (χ1) is 16.9. The number of carbonyl (C=O) groups is 1. The third-order valence-corrected chi connectivity index (χ3v) is 6.94. The molecule has 3 aromatic rings. The van der Waals surface area contributed by atoms with Gasteiger partial charge in [0.2, 0.25) is 0 Å². The number of amidine groups is 1. The molecule has 0 bridgehead atoms. The van der Waals surface area contributed by atoms with Crippen LogP contribution in [-0.2, 0) is 11.2 Å². The topological polar surface area (TPSA) is 74.2 Å². The van der Waals surface area contributed by atoms with Crippen molar-refractivity contribution in [3.8, 4) is 0 Å². The summed E-state index contributed by atoms with van der Waals surface area (Å²) in [6, 6.07) is 22.7. The van der Waals surface area contributed by atoms with Gasteiger partial charge in [-0.15, -0.1) is 0 Å². The number of fused-ring (bicyclic) bond motifs is 1. The molecule has 0 saturated carbocycles. The van der Waals surface area contributed by atoms with Crippen LogP contribution in [0.25, 0.3) is 0 Å². The quantitative estimate of drug-likeness (QED) is 0.322. The standard InChI is InChI=1S/C28H30BrN3O3/c1-18(32(2)17-26(35-3)19-7-5-4-6-8-19)30-23-14-11-21-15-25(33)27(24(21)16-23)31-28(34)20-9-12-22(29)13-10-20/h4-14,16,25-27,33H,15,17H2,1-3H3,(H,31,34)/t25-,26-,27-/m1/s1. The molecule has 0 spiro atoms. The Labute approximate surface area is 214 Å². The van der Waals surface area contributed by atoms with Crippen molar-refractivity contribution in [2.45, 2.75) is 31.6 Å². The Balaban J connectivity index is 1.49. The van der Waals surface area contributed by atoms with Crippen LogP contribution in [0.4, 0.5) is 5.69 Å². The van der Waals surface area contributed by atoms with Gasteiger partial charge in [-0.25, -0.2) is 4.99 Å². The summed E-state index contributed by atoms with van der Waals surface area (Å²) in [6.07, 6.45) is -0.253. The third-order valence-electron chi connectivity index (χ3n) is 6.41. The Bertz CT molecular complexity index is 1200. The van der Waals surface area contributed by atoms with E-state index in [1.165, 1.54) is 0 Å². The van der Waals surface area contributed by atoms with Gasteiger partial charge in [0.15, 0.2) is 0 Å². The molecule has 182 valence electrons. The molecule has 2 N–H and O–H groups in total. The van der Waals surface area contributed by atoms with E-state index in [-0.39, 0.29) is 12.0 Å². The minimum atomic E-state index is -0.680. The smallest absolute Gasteiger partial charge is 0.251 e. The van der Waals surface area contributed by atoms with Crippen molar-refractivity contribution in [2.75, 3.05) is 20.7 Å². The molecule has 7 heteroatoms. The molecule has 1 amide bonds. The average molecular weight is 536 g/mol. The highest BCUT2D eigenvalue weighted by atomic mass is 79.9. The van der Waals surface area contributed by atoms with Crippen LogP contribution in [0.2, 0.25) is 0 Å². The molecular weight excluding hydrogens is 506 g/mol. The van der Waals surface area contributed by atoms with Crippen molar-refractivity contribution in [1.29, 1.82) is 0 Å². The highest BCUT2D eigenvalue weighted by Gasteiger charge is 2.32. The van der Waals surface area contributed by atoms with Gasteiger partial charge in [-0.3, -0.25) is 4.79 Å². The summed E-state index contributed by atoms with van der Waals surface area (Å²) < 4.78 is 6.61. The highest BCUT2D eigenvalue weighted by molar-refractivity contribution is 9.10. The van der Waals surface area contributed by atoms with E-state index < -0.39 is 12.1 Å². The first-order valence-corrected chi connectivity index (χ1v) is 12.4. The maximum Gasteiger partial charge on any atom is 0.251 e. The first-order valence-electron chi connectivity index (χ1n) is 11.6. The predicted octanol–water partition coefficient (Wildman–Crippen LogP) is 5.21. The van der Waals surface area contributed by atoms with Crippen LogP contribution in [-0.4, -0.2) is 48.6 Å². The lowest BCUT2D eigenvalue weighted by Gasteiger charge is -2.25. The van der Waals surface area contributed by atoms with E-state index in [1.54, 1.807) is 19.2 Å². The molecule has 6 nitrogen and oxygen atoms in total. The van der Waals surface area contributed by atoms with Gasteiger partial charge in [0.1, 0.15) is 5.84 Å². The molecule has 0 unspecified atom stereocenters. The average Bonchev–Trinajstić information content (AvgIpc) is 3.17. The SMILES string of the molecule is CO[C@H](CN(C)C(C)=Nc1ccc2c(c1)[C@@H](NC(=O)c1ccc(Br)cc1)[C@H](O)C2)c1ccccc1. The molecule has 0 fully saturated rings. The summed E-state index contributed by atoms with van der Waals surface area (Å²) >= 11 is 3.39. The lowest BCUT2D eigenvalue weighted by molar-refractivity contribution is 0.0858. The predicted molar refractivity (Wildman–Crippen MR) is 142 cm³/mol. The lowest BCUT2D eigenvalue weighted by Crippen LogP contribution is -2.33. The number of aliphatic imine (C=N–C) groups is 1. The van der Waals surface area contributed by atoms with Crippen molar-refractivity contribution in [1.82, 2.24) is 10.2 Å². The number of nitrogens with one attached hydrogen (secondary N) is 1. The van der Waals surface area contributed by atoms with Crippen LogP contribution in [0.1, 0.15) is 46.1 Å². The number of halogens is 1. The second-order valence-corrected chi connectivity index (χ2v) is 9.70. The van der Waals surface area contributed by atoms with E-state index in [4.69, 9.17) is 9.73 Å². The van der Waals surface area contributed by atoms with E-state index >= 15 is 0 Å². The Morgan fingerprint density at radius 1 is 1.17 bits per heavy atom. The maximum absolute atomic E-state index is 12.8. The Morgan fingerprint density at radius 2 is 1.89 bits per heavy atom. The zero-order valence-electron chi connectivity index (χ0n) is 20.1. The van der Waals surface area contributed by atoms with Crippen molar-refractivity contribution >= 4 is 33.4 Å². The molecule has 0 radical (unpaired) electrons. The number of carbonyl (C=O) groups excluding carboxylic acids is 1. The summed E-state index contributed by atoms with van der Waals surface area (Å²) in [7, 11) is 3.71. The second-order valence-electron chi connectivity index (χ2n) is 8.79. The molecule has 0 aromatic heterocycles. The second kappa shape index (κ2) is 11.2. The van der Waals surface area contributed by atoms with Crippen LogP contribution in [0.15, 0.2) is 82.3 Å². The van der Waals surface area contributed by atoms with Crippen LogP contribution in [0.5, 0.6) is 0 Å². The number of likely N-dealkylation sites (N-methyl/N-ethyl adjacent to an activating group) is 1. The minimum Gasteiger partial charge on any atom is -0.390 e. The van der Waals surface area contributed by atoms with E-state index in [2.05, 4.69) is 38.3 Å². The third kappa shape index (κ3) is 5.99. The lowest BCUT2D eigenvalue weighted by atomic mass is 10.1. The summed E-state index contributed by atoms with van der Waals surface area (Å²) in [5.41, 5.74) is 4.36. The number of hydrogen-bond acceptors (Lipinski definition) is 4. The summed E-state index contributed by atoms with van der Waals surface area (Å²) in [4.78, 5) is 19.7. The monoisotopic (exact) mass is 535 g/mol. The van der Waals surface area contributed by atoms with Gasteiger partial charge in [0.05, 0.1) is 23.9 Å². The molecular formula is C28H30BrN3O3. The van der Waals surface area contributed by atoms with E-state index in [0.717, 1.165) is 32.7 Å². The number of hydrogen-bond donors (Lipinski definition) is 2. The summed E-state index contributed by atoms with van der Waals surface area (Å²) in [5.74, 6) is 0.627. The normalized spacial score (nSPS) is 18.1. The van der Waals surface area contributed by atoms with Crippen LogP contribution >= 0.6 is 15.9 Å². The van der Waals surface area contributed by atoms with Gasteiger partial charge in [-0.2, -0.15) is 0 Å². The van der Waals surface area contributed by atoms with Crippen LogP contribution in [0, 0.1) is 0 Å². The van der Waals surface area contributed by atoms with E-state index in [0.29, 0.717) is 18.5 Å². The summed E-state index contributed by atoms with van der Waals surface area (Å²) in [6.45, 7) is 2.62. The van der Waals surface area contributed by atoms with Crippen molar-refractivity contribution in [3.63, 3.8) is 0 Å². The van der Waals surface area contributed by atoms with Crippen molar-refractivity contribution < 1.29 is 14.6 Å². The largest absolute Gasteiger partial charge is 0.390 e. The maximum atomic E-state index is 12.8. The first kappa shape index (κ1) is 25.1. The van der Waals surface area contributed by atoms with Crippen LogP contribution in [0.3, 0.4) is 0 Å². The van der Waals surface area contributed by atoms with Gasteiger partial charge in [-0.05, 0) is 60.0 Å². The molecule has 1 aliphatic rings. The number of aliphatic hydroxyl groups excluding tert-OH is 1. The van der Waals surface area contributed by atoms with E-state index in [1.807, 2.05) is 62.5 Å². The number of amides is 1. The van der Waals surface area contributed by atoms with Gasteiger partial charge in [-0.1, -0.05) is 52.3 Å². The molecule has 35 heavy (non-hydrogen) atoms. The van der Waals surface area contributed by atoms with Gasteiger partial charge in [0, 0.05) is 37.2 Å². The molecule has 0 heterocycles. The fraction of sp³-hybridized carbons (Fsp3) is 0.286. The minimum absolute atomic E-state index is 0.0697. The fourth-order valence-electron chi connectivity index (χ4n) is 4.31. The van der Waals surface area contributed by atoms with Crippen molar-refractivity contribution in [3.05, 3.63) is 99.5 Å². The Kier molecular flexibility index (Phi) is 8.00. The fourth-order valence-corrected chi connectivity index (χ4v) is 4.58. The number of aliphatic hydroxyl groups is 1. The Hall–Kier alpha value is -3.00. The van der Waals surface area contributed by atoms with Gasteiger partial charge < -0.3 is 20.1 Å². The number of methoxy groups -OCH3 is 1. The molecule has 4 rings (SSSR count). The zero-order valence-corrected chi connectivity index (χ0v) is 21.7. The highest BCUT2D eigenvalue weighted by Crippen LogP contribution is 2.34. The Morgan fingerprint density at radius 3 is 2.57 bits per heavy atom. The molecule has 0 saturated heterocycles. The molecule has 3 aromatic carbocycles. The zero-order chi connectivity index (χ0) is 24.9. The number of benzene rings is 3.